The molecule has 0 bridgehead atoms. The van der Waals surface area contributed by atoms with Crippen molar-refractivity contribution in [2.45, 2.75) is 19.5 Å². The maximum Gasteiger partial charge on any atom is 0.191 e. The van der Waals surface area contributed by atoms with Crippen LogP contribution in [-0.2, 0) is 11.3 Å². The summed E-state index contributed by atoms with van der Waals surface area (Å²) in [6.07, 6.45) is 0. The molecule has 2 aromatic rings. The zero-order chi connectivity index (χ0) is 22.8. The first-order valence-corrected chi connectivity index (χ1v) is 11.0. The number of halogens is 1. The molecule has 1 aliphatic heterocycles. The van der Waals surface area contributed by atoms with Crippen molar-refractivity contribution in [2.75, 3.05) is 53.6 Å². The molecule has 0 amide bonds. The van der Waals surface area contributed by atoms with Gasteiger partial charge in [-0.25, -0.2) is 4.39 Å². The number of hydrogen-bond donors (Lipinski definition) is 2. The van der Waals surface area contributed by atoms with Crippen LogP contribution in [0, 0.1) is 5.82 Å². The van der Waals surface area contributed by atoms with Gasteiger partial charge in [0.15, 0.2) is 17.5 Å². The number of morpholine rings is 1. The number of nitrogens with one attached hydrogen (secondary N) is 2. The summed E-state index contributed by atoms with van der Waals surface area (Å²) < 4.78 is 30.0. The molecule has 2 aromatic carbocycles. The van der Waals surface area contributed by atoms with Crippen molar-refractivity contribution in [3.63, 3.8) is 0 Å². The monoisotopic (exact) mass is 444 g/mol. The van der Waals surface area contributed by atoms with E-state index >= 15 is 0 Å². The van der Waals surface area contributed by atoms with Crippen LogP contribution < -0.4 is 20.1 Å². The molecule has 1 saturated heterocycles. The van der Waals surface area contributed by atoms with Gasteiger partial charge in [0.05, 0.1) is 33.0 Å². The predicted octanol–water partition coefficient (Wildman–Crippen LogP) is 2.97. The number of aliphatic imine (C=N–C) groups is 1. The molecular weight excluding hydrogens is 411 g/mol. The van der Waals surface area contributed by atoms with Gasteiger partial charge in [0, 0.05) is 33.2 Å². The number of rotatable bonds is 9. The van der Waals surface area contributed by atoms with Gasteiger partial charge < -0.3 is 24.8 Å². The summed E-state index contributed by atoms with van der Waals surface area (Å²) in [6.45, 7) is 6.81. The number of methoxy groups -OCH3 is 1. The van der Waals surface area contributed by atoms with Crippen LogP contribution in [0.2, 0.25) is 0 Å². The van der Waals surface area contributed by atoms with E-state index in [1.54, 1.807) is 14.2 Å². The molecule has 1 aliphatic rings. The summed E-state index contributed by atoms with van der Waals surface area (Å²) in [4.78, 5) is 6.71. The fourth-order valence-electron chi connectivity index (χ4n) is 3.73. The number of guanidine groups is 1. The summed E-state index contributed by atoms with van der Waals surface area (Å²) in [7, 11) is 3.38. The number of benzene rings is 2. The zero-order valence-electron chi connectivity index (χ0n) is 19.1. The Kier molecular flexibility index (Phi) is 9.13. The summed E-state index contributed by atoms with van der Waals surface area (Å²) in [5, 5.41) is 6.77. The van der Waals surface area contributed by atoms with E-state index in [1.807, 2.05) is 37.3 Å². The molecule has 3 rings (SSSR count). The van der Waals surface area contributed by atoms with Crippen molar-refractivity contribution < 1.29 is 18.6 Å². The standard InChI is InChI=1S/C24H33FN4O3/c1-4-32-23-15-18(5-10-22(23)30-3)16-27-24(26-2)28-17-21(29-11-13-31-14-12-29)19-6-8-20(25)9-7-19/h5-10,15,21H,4,11-14,16-17H2,1-3H3,(H2,26,27,28). The van der Waals surface area contributed by atoms with Crippen molar-refractivity contribution in [1.29, 1.82) is 0 Å². The van der Waals surface area contributed by atoms with Crippen LogP contribution in [-0.4, -0.2) is 64.5 Å². The van der Waals surface area contributed by atoms with Crippen LogP contribution in [0.1, 0.15) is 24.1 Å². The molecule has 32 heavy (non-hydrogen) atoms. The average Bonchev–Trinajstić information content (AvgIpc) is 2.83. The summed E-state index contributed by atoms with van der Waals surface area (Å²) in [5.41, 5.74) is 2.12. The molecule has 174 valence electrons. The van der Waals surface area contributed by atoms with Crippen molar-refractivity contribution in [2.24, 2.45) is 4.99 Å². The zero-order valence-corrected chi connectivity index (χ0v) is 19.1. The van der Waals surface area contributed by atoms with E-state index in [1.165, 1.54) is 12.1 Å². The molecule has 8 heteroatoms. The van der Waals surface area contributed by atoms with Crippen LogP contribution in [0.4, 0.5) is 4.39 Å². The second-order valence-corrected chi connectivity index (χ2v) is 7.44. The SMILES string of the molecule is CCOc1cc(CNC(=NC)NCC(c2ccc(F)cc2)N2CCOCC2)ccc1OC. The second-order valence-electron chi connectivity index (χ2n) is 7.44. The van der Waals surface area contributed by atoms with Gasteiger partial charge in [0.1, 0.15) is 5.82 Å². The fraction of sp³-hybridized carbons (Fsp3) is 0.458. The Labute approximate surface area is 189 Å². The molecule has 0 saturated carbocycles. The minimum atomic E-state index is -0.231. The predicted molar refractivity (Wildman–Crippen MR) is 124 cm³/mol. The molecule has 0 aromatic heterocycles. The molecule has 0 aliphatic carbocycles. The highest BCUT2D eigenvalue weighted by Crippen LogP contribution is 2.28. The van der Waals surface area contributed by atoms with Crippen molar-refractivity contribution in [1.82, 2.24) is 15.5 Å². The summed E-state index contributed by atoms with van der Waals surface area (Å²) >= 11 is 0. The lowest BCUT2D eigenvalue weighted by Crippen LogP contribution is -2.46. The van der Waals surface area contributed by atoms with Crippen molar-refractivity contribution in [3.8, 4) is 11.5 Å². The van der Waals surface area contributed by atoms with Gasteiger partial charge in [-0.15, -0.1) is 0 Å². The molecule has 1 heterocycles. The van der Waals surface area contributed by atoms with Gasteiger partial charge in [-0.2, -0.15) is 0 Å². The minimum Gasteiger partial charge on any atom is -0.493 e. The average molecular weight is 445 g/mol. The Bertz CT molecular complexity index is 870. The third kappa shape index (κ3) is 6.58. The van der Waals surface area contributed by atoms with Gasteiger partial charge in [-0.05, 0) is 42.3 Å². The maximum absolute atomic E-state index is 13.5. The van der Waals surface area contributed by atoms with E-state index in [0.29, 0.717) is 44.6 Å². The Morgan fingerprint density at radius 3 is 2.53 bits per heavy atom. The molecule has 0 spiro atoms. The lowest BCUT2D eigenvalue weighted by Gasteiger charge is -2.35. The molecule has 2 N–H and O–H groups in total. The van der Waals surface area contributed by atoms with Crippen LogP contribution in [0.5, 0.6) is 11.5 Å². The number of nitrogens with zero attached hydrogens (tertiary/aromatic N) is 2. The van der Waals surface area contributed by atoms with Gasteiger partial charge in [0.2, 0.25) is 0 Å². The van der Waals surface area contributed by atoms with Gasteiger partial charge in [-0.1, -0.05) is 18.2 Å². The fourth-order valence-corrected chi connectivity index (χ4v) is 3.73. The van der Waals surface area contributed by atoms with E-state index < -0.39 is 0 Å². The second kappa shape index (κ2) is 12.3. The van der Waals surface area contributed by atoms with Gasteiger partial charge >= 0.3 is 0 Å². The Hall–Kier alpha value is -2.84. The van der Waals surface area contributed by atoms with Crippen LogP contribution in [0.25, 0.3) is 0 Å². The maximum atomic E-state index is 13.5. The van der Waals surface area contributed by atoms with Gasteiger partial charge in [-0.3, -0.25) is 9.89 Å². The topological polar surface area (TPSA) is 67.4 Å². The van der Waals surface area contributed by atoms with Crippen LogP contribution in [0.3, 0.4) is 0 Å². The quantitative estimate of drug-likeness (QED) is 0.458. The van der Waals surface area contributed by atoms with Crippen molar-refractivity contribution in [3.05, 3.63) is 59.4 Å². The first-order valence-electron chi connectivity index (χ1n) is 11.0. The smallest absolute Gasteiger partial charge is 0.191 e. The van der Waals surface area contributed by atoms with E-state index in [0.717, 1.165) is 30.0 Å². The largest absolute Gasteiger partial charge is 0.493 e. The third-order valence-electron chi connectivity index (χ3n) is 5.42. The lowest BCUT2D eigenvalue weighted by atomic mass is 10.0. The minimum absolute atomic E-state index is 0.0867. The molecule has 1 atom stereocenters. The van der Waals surface area contributed by atoms with Crippen molar-refractivity contribution >= 4 is 5.96 Å². The summed E-state index contributed by atoms with van der Waals surface area (Å²) in [6, 6.07) is 12.7. The number of ether oxygens (including phenoxy) is 3. The Balaban J connectivity index is 1.63. The first-order chi connectivity index (χ1) is 15.6. The Morgan fingerprint density at radius 2 is 1.88 bits per heavy atom. The van der Waals surface area contributed by atoms with E-state index in [2.05, 4.69) is 20.5 Å². The lowest BCUT2D eigenvalue weighted by molar-refractivity contribution is 0.0170. The van der Waals surface area contributed by atoms with Crippen LogP contribution >= 0.6 is 0 Å². The van der Waals surface area contributed by atoms with E-state index in [-0.39, 0.29) is 11.9 Å². The Morgan fingerprint density at radius 1 is 1.12 bits per heavy atom. The van der Waals surface area contributed by atoms with E-state index in [4.69, 9.17) is 14.2 Å². The normalized spacial score (nSPS) is 15.8. The summed E-state index contributed by atoms with van der Waals surface area (Å²) in [5.74, 6) is 1.90. The van der Waals surface area contributed by atoms with E-state index in [9.17, 15) is 4.39 Å². The molecule has 7 nitrogen and oxygen atoms in total. The molecule has 1 fully saturated rings. The van der Waals surface area contributed by atoms with Gasteiger partial charge in [0.25, 0.3) is 0 Å². The highest BCUT2D eigenvalue weighted by molar-refractivity contribution is 5.79. The van der Waals surface area contributed by atoms with Crippen LogP contribution in [0.15, 0.2) is 47.5 Å². The molecule has 0 radical (unpaired) electrons. The highest BCUT2D eigenvalue weighted by atomic mass is 19.1. The third-order valence-corrected chi connectivity index (χ3v) is 5.42. The molecular formula is C24H33FN4O3. The highest BCUT2D eigenvalue weighted by Gasteiger charge is 2.23. The first kappa shape index (κ1) is 23.8. The molecule has 1 unspecified atom stereocenters. The number of hydrogen-bond acceptors (Lipinski definition) is 5.